The van der Waals surface area contributed by atoms with E-state index in [-0.39, 0.29) is 25.1 Å². The first-order valence-corrected chi connectivity index (χ1v) is 5.84. The van der Waals surface area contributed by atoms with E-state index in [1.54, 1.807) is 11.8 Å². The quantitative estimate of drug-likeness (QED) is 0.669. The van der Waals surface area contributed by atoms with Gasteiger partial charge in [0.1, 0.15) is 0 Å². The van der Waals surface area contributed by atoms with Crippen LogP contribution in [0.5, 0.6) is 0 Å². The standard InChI is InChI=1S/C11H18N2O5/c1-3-18-10(15)7-13(8-4-5-8)6-9(14)12-11(16)17-2/h8H,3-7H2,1-2H3,(H,12,14,16). The van der Waals surface area contributed by atoms with Crippen LogP contribution in [-0.2, 0) is 19.1 Å². The molecular weight excluding hydrogens is 240 g/mol. The van der Waals surface area contributed by atoms with Crippen molar-refractivity contribution in [1.82, 2.24) is 10.2 Å². The lowest BCUT2D eigenvalue weighted by Gasteiger charge is -2.19. The molecular formula is C11H18N2O5. The van der Waals surface area contributed by atoms with Crippen LogP contribution in [-0.4, -0.2) is 55.7 Å². The minimum atomic E-state index is -0.799. The molecule has 102 valence electrons. The van der Waals surface area contributed by atoms with E-state index < -0.39 is 12.0 Å². The van der Waals surface area contributed by atoms with E-state index >= 15 is 0 Å². The van der Waals surface area contributed by atoms with Crippen LogP contribution in [0.2, 0.25) is 0 Å². The number of hydrogen-bond acceptors (Lipinski definition) is 6. The molecule has 0 aromatic rings. The molecule has 0 bridgehead atoms. The van der Waals surface area contributed by atoms with Crippen LogP contribution in [0.1, 0.15) is 19.8 Å². The topological polar surface area (TPSA) is 84.9 Å². The number of nitrogens with one attached hydrogen (secondary N) is 1. The number of esters is 1. The van der Waals surface area contributed by atoms with Crippen LogP contribution in [0.25, 0.3) is 0 Å². The van der Waals surface area contributed by atoms with Crippen molar-refractivity contribution in [3.8, 4) is 0 Å². The number of rotatable bonds is 6. The van der Waals surface area contributed by atoms with Crippen LogP contribution < -0.4 is 5.32 Å². The zero-order chi connectivity index (χ0) is 13.5. The van der Waals surface area contributed by atoms with Crippen molar-refractivity contribution in [2.75, 3.05) is 26.8 Å². The van der Waals surface area contributed by atoms with Gasteiger partial charge in [0.15, 0.2) is 0 Å². The van der Waals surface area contributed by atoms with Gasteiger partial charge in [0.05, 0.1) is 26.8 Å². The molecule has 1 saturated carbocycles. The van der Waals surface area contributed by atoms with E-state index in [1.807, 2.05) is 0 Å². The molecule has 1 aliphatic rings. The molecule has 0 radical (unpaired) electrons. The summed E-state index contributed by atoms with van der Waals surface area (Å²) in [4.78, 5) is 35.4. The molecule has 1 fully saturated rings. The molecule has 18 heavy (non-hydrogen) atoms. The summed E-state index contributed by atoms with van der Waals surface area (Å²) in [5, 5.41) is 2.05. The third kappa shape index (κ3) is 5.13. The maximum absolute atomic E-state index is 11.5. The van der Waals surface area contributed by atoms with Crippen LogP contribution in [0.4, 0.5) is 4.79 Å². The highest BCUT2D eigenvalue weighted by Crippen LogP contribution is 2.26. The molecule has 2 amide bonds. The Morgan fingerprint density at radius 3 is 2.44 bits per heavy atom. The van der Waals surface area contributed by atoms with Crippen LogP contribution in [0.15, 0.2) is 0 Å². The van der Waals surface area contributed by atoms with Crippen LogP contribution in [0, 0.1) is 0 Å². The summed E-state index contributed by atoms with van der Waals surface area (Å²) < 4.78 is 9.15. The number of nitrogens with zero attached hydrogens (tertiary/aromatic N) is 1. The minimum Gasteiger partial charge on any atom is -0.465 e. The van der Waals surface area contributed by atoms with Gasteiger partial charge in [-0.2, -0.15) is 0 Å². The fourth-order valence-corrected chi connectivity index (χ4v) is 1.52. The predicted molar refractivity (Wildman–Crippen MR) is 61.8 cm³/mol. The Bertz CT molecular complexity index is 327. The second kappa shape index (κ2) is 6.95. The summed E-state index contributed by atoms with van der Waals surface area (Å²) in [6.07, 6.45) is 1.10. The Morgan fingerprint density at radius 2 is 1.94 bits per heavy atom. The van der Waals surface area contributed by atoms with Crippen molar-refractivity contribution in [2.45, 2.75) is 25.8 Å². The number of alkyl carbamates (subject to hydrolysis) is 1. The Balaban J connectivity index is 2.40. The minimum absolute atomic E-state index is 0.0153. The maximum Gasteiger partial charge on any atom is 0.413 e. The fourth-order valence-electron chi connectivity index (χ4n) is 1.52. The third-order valence-corrected chi connectivity index (χ3v) is 2.47. The second-order valence-electron chi connectivity index (χ2n) is 3.98. The van der Waals surface area contributed by atoms with E-state index in [0.717, 1.165) is 12.8 Å². The zero-order valence-electron chi connectivity index (χ0n) is 10.6. The second-order valence-corrected chi connectivity index (χ2v) is 3.98. The Kier molecular flexibility index (Phi) is 5.57. The van der Waals surface area contributed by atoms with E-state index in [0.29, 0.717) is 6.61 Å². The van der Waals surface area contributed by atoms with Gasteiger partial charge < -0.3 is 9.47 Å². The lowest BCUT2D eigenvalue weighted by atomic mass is 10.4. The van der Waals surface area contributed by atoms with Crippen molar-refractivity contribution in [2.24, 2.45) is 0 Å². The maximum atomic E-state index is 11.5. The lowest BCUT2D eigenvalue weighted by molar-refractivity contribution is -0.144. The van der Waals surface area contributed by atoms with Crippen molar-refractivity contribution < 1.29 is 23.9 Å². The van der Waals surface area contributed by atoms with Gasteiger partial charge in [-0.1, -0.05) is 0 Å². The average Bonchev–Trinajstić information content (AvgIpc) is 3.12. The summed E-state index contributed by atoms with van der Waals surface area (Å²) in [6.45, 7) is 2.08. The van der Waals surface area contributed by atoms with Gasteiger partial charge in [-0.05, 0) is 19.8 Å². The summed E-state index contributed by atoms with van der Waals surface area (Å²) >= 11 is 0. The number of ether oxygens (including phenoxy) is 2. The van der Waals surface area contributed by atoms with Gasteiger partial charge in [-0.25, -0.2) is 4.79 Å². The molecule has 0 unspecified atom stereocenters. The first-order chi connectivity index (χ1) is 8.56. The van der Waals surface area contributed by atoms with Crippen molar-refractivity contribution in [3.63, 3.8) is 0 Å². The SMILES string of the molecule is CCOC(=O)CN(CC(=O)NC(=O)OC)C1CC1. The average molecular weight is 258 g/mol. The summed E-state index contributed by atoms with van der Waals surface area (Å²) in [5.41, 5.74) is 0. The monoisotopic (exact) mass is 258 g/mol. The number of hydrogen-bond donors (Lipinski definition) is 1. The molecule has 1 aliphatic carbocycles. The van der Waals surface area contributed by atoms with Crippen molar-refractivity contribution in [1.29, 1.82) is 0 Å². The molecule has 0 saturated heterocycles. The number of methoxy groups -OCH3 is 1. The Hall–Kier alpha value is -1.63. The van der Waals surface area contributed by atoms with E-state index in [4.69, 9.17) is 4.74 Å². The van der Waals surface area contributed by atoms with Crippen molar-refractivity contribution in [3.05, 3.63) is 0 Å². The summed E-state index contributed by atoms with van der Waals surface area (Å²) in [5.74, 6) is -0.853. The molecule has 0 spiro atoms. The summed E-state index contributed by atoms with van der Waals surface area (Å²) in [6, 6.07) is 0.220. The van der Waals surface area contributed by atoms with Gasteiger partial charge >= 0.3 is 12.1 Å². The predicted octanol–water partition coefficient (Wildman–Crippen LogP) is -0.103. The Labute approximate surface area is 105 Å². The van der Waals surface area contributed by atoms with Gasteiger partial charge in [-0.3, -0.25) is 19.8 Å². The number of carbonyl (C=O) groups excluding carboxylic acids is 3. The van der Waals surface area contributed by atoms with Gasteiger partial charge in [0.25, 0.3) is 0 Å². The van der Waals surface area contributed by atoms with Crippen LogP contribution in [0.3, 0.4) is 0 Å². The first-order valence-electron chi connectivity index (χ1n) is 5.84. The molecule has 1 N–H and O–H groups in total. The molecule has 0 aromatic heterocycles. The van der Waals surface area contributed by atoms with Gasteiger partial charge in [0.2, 0.25) is 5.91 Å². The van der Waals surface area contributed by atoms with E-state index in [1.165, 1.54) is 7.11 Å². The fraction of sp³-hybridized carbons (Fsp3) is 0.727. The highest BCUT2D eigenvalue weighted by atomic mass is 16.5. The lowest BCUT2D eigenvalue weighted by Crippen LogP contribution is -2.43. The molecule has 0 aromatic carbocycles. The number of amides is 2. The highest BCUT2D eigenvalue weighted by molar-refractivity contribution is 5.93. The van der Waals surface area contributed by atoms with E-state index in [9.17, 15) is 14.4 Å². The number of carbonyl (C=O) groups is 3. The van der Waals surface area contributed by atoms with Gasteiger partial charge in [-0.15, -0.1) is 0 Å². The molecule has 7 nitrogen and oxygen atoms in total. The Morgan fingerprint density at radius 1 is 1.28 bits per heavy atom. The number of imide groups is 1. The first kappa shape index (κ1) is 14.4. The molecule has 0 atom stereocenters. The van der Waals surface area contributed by atoms with E-state index in [2.05, 4.69) is 10.1 Å². The molecule has 1 rings (SSSR count). The molecule has 7 heteroatoms. The normalized spacial score (nSPS) is 14.2. The van der Waals surface area contributed by atoms with Gasteiger partial charge in [0, 0.05) is 6.04 Å². The molecule has 0 aliphatic heterocycles. The smallest absolute Gasteiger partial charge is 0.413 e. The zero-order valence-corrected chi connectivity index (χ0v) is 10.6. The molecule has 0 heterocycles. The third-order valence-electron chi connectivity index (χ3n) is 2.47. The highest BCUT2D eigenvalue weighted by Gasteiger charge is 2.32. The largest absolute Gasteiger partial charge is 0.465 e. The van der Waals surface area contributed by atoms with Crippen LogP contribution >= 0.6 is 0 Å². The van der Waals surface area contributed by atoms with Crippen molar-refractivity contribution >= 4 is 18.0 Å². The summed E-state index contributed by atoms with van der Waals surface area (Å²) in [7, 11) is 1.18.